The van der Waals surface area contributed by atoms with Gasteiger partial charge in [-0.15, -0.1) is 0 Å². The summed E-state index contributed by atoms with van der Waals surface area (Å²) in [4.78, 5) is 0. The Balaban J connectivity index is 4.51. The minimum atomic E-state index is -3.06. The van der Waals surface area contributed by atoms with Crippen LogP contribution in [0.15, 0.2) is 0 Å². The summed E-state index contributed by atoms with van der Waals surface area (Å²) < 4.78 is 18.9. The van der Waals surface area contributed by atoms with Gasteiger partial charge in [-0.1, -0.05) is 0 Å². The van der Waals surface area contributed by atoms with Gasteiger partial charge in [0.05, 0.1) is 0 Å². The van der Waals surface area contributed by atoms with Crippen molar-refractivity contribution in [1.82, 2.24) is 0 Å². The van der Waals surface area contributed by atoms with Crippen LogP contribution in [0, 0.1) is 0 Å². The molecule has 0 aromatic rings. The summed E-state index contributed by atoms with van der Waals surface area (Å²) in [5, 5.41) is 0. The molecule has 2 N–H and O–H groups in total. The zero-order valence-corrected chi connectivity index (χ0v) is 14.1. The van der Waals surface area contributed by atoms with Crippen LogP contribution in [0.4, 0.5) is 0 Å². The Labute approximate surface area is 117 Å². The first-order valence-corrected chi connectivity index (χ1v) is 10.3. The fraction of sp³-hybridized carbons (Fsp3) is 1.00. The molecule has 1 unspecified atom stereocenters. The maximum atomic E-state index is 6.02. The molecule has 110 valence electrons. The molecular formula is C13H31NO3Ti. The number of rotatable bonds is 12. The Morgan fingerprint density at radius 2 is 1.28 bits per heavy atom. The van der Waals surface area contributed by atoms with E-state index < -0.39 is 17.8 Å². The minimum absolute atomic E-state index is 0.177. The van der Waals surface area contributed by atoms with E-state index in [-0.39, 0.29) is 6.04 Å². The molecule has 0 rings (SSSR count). The molecular weight excluding hydrogens is 266 g/mol. The van der Waals surface area contributed by atoms with E-state index in [2.05, 4.69) is 20.8 Å². The SMILES string of the molecule is CCC[O][Ti]([CH2]CC(C)N)([O]CCC)[O]CCC. The van der Waals surface area contributed by atoms with Gasteiger partial charge in [0.15, 0.2) is 0 Å². The van der Waals surface area contributed by atoms with Crippen molar-refractivity contribution in [3.8, 4) is 0 Å². The van der Waals surface area contributed by atoms with Crippen LogP contribution in [-0.2, 0) is 27.7 Å². The normalized spacial score (nSPS) is 13.8. The summed E-state index contributed by atoms with van der Waals surface area (Å²) in [5.74, 6) is 0. The molecule has 0 bridgehead atoms. The van der Waals surface area contributed by atoms with Gasteiger partial charge >= 0.3 is 117 Å². The predicted molar refractivity (Wildman–Crippen MR) is 71.8 cm³/mol. The number of nitrogens with two attached hydrogens (primary N) is 1. The van der Waals surface area contributed by atoms with Gasteiger partial charge in [0.2, 0.25) is 0 Å². The first-order valence-electron chi connectivity index (χ1n) is 7.27. The summed E-state index contributed by atoms with van der Waals surface area (Å²) in [7, 11) is 0. The van der Waals surface area contributed by atoms with Gasteiger partial charge in [-0.25, -0.2) is 0 Å². The molecule has 0 aromatic heterocycles. The van der Waals surface area contributed by atoms with Crippen LogP contribution in [0.5, 0.6) is 0 Å². The Morgan fingerprint density at radius 1 is 0.889 bits per heavy atom. The van der Waals surface area contributed by atoms with Crippen molar-refractivity contribution in [2.24, 2.45) is 5.73 Å². The molecule has 0 aliphatic heterocycles. The van der Waals surface area contributed by atoms with E-state index in [1.807, 2.05) is 6.92 Å². The molecule has 4 nitrogen and oxygen atoms in total. The van der Waals surface area contributed by atoms with E-state index in [0.29, 0.717) is 0 Å². The van der Waals surface area contributed by atoms with Crippen molar-refractivity contribution >= 4 is 0 Å². The van der Waals surface area contributed by atoms with Crippen LogP contribution >= 0.6 is 0 Å². The molecule has 0 aromatic carbocycles. The molecule has 5 heteroatoms. The number of hydrogen-bond donors (Lipinski definition) is 1. The third-order valence-corrected chi connectivity index (χ3v) is 6.91. The molecule has 0 fully saturated rings. The van der Waals surface area contributed by atoms with Crippen LogP contribution in [0.3, 0.4) is 0 Å². The van der Waals surface area contributed by atoms with Gasteiger partial charge in [-0.3, -0.25) is 0 Å². The predicted octanol–water partition coefficient (Wildman–Crippen LogP) is 3.32. The molecule has 0 saturated carbocycles. The quantitative estimate of drug-likeness (QED) is 0.561. The molecule has 18 heavy (non-hydrogen) atoms. The van der Waals surface area contributed by atoms with Gasteiger partial charge in [0.1, 0.15) is 0 Å². The molecule has 1 atom stereocenters. The van der Waals surface area contributed by atoms with Crippen LogP contribution in [0.1, 0.15) is 53.4 Å². The van der Waals surface area contributed by atoms with Gasteiger partial charge in [0, 0.05) is 0 Å². The van der Waals surface area contributed by atoms with Gasteiger partial charge in [-0.05, 0) is 0 Å². The Morgan fingerprint density at radius 3 is 1.56 bits per heavy atom. The summed E-state index contributed by atoms with van der Waals surface area (Å²) >= 11 is -3.06. The van der Waals surface area contributed by atoms with Crippen molar-refractivity contribution in [2.75, 3.05) is 19.8 Å². The second-order valence-electron chi connectivity index (χ2n) is 4.74. The van der Waals surface area contributed by atoms with Crippen molar-refractivity contribution in [3.05, 3.63) is 0 Å². The first-order chi connectivity index (χ1) is 8.60. The summed E-state index contributed by atoms with van der Waals surface area (Å²) in [6.07, 6.45) is 3.90. The Kier molecular flexibility index (Phi) is 11.7. The summed E-state index contributed by atoms with van der Waals surface area (Å²) in [6, 6.07) is 0.177. The van der Waals surface area contributed by atoms with Gasteiger partial charge in [0.25, 0.3) is 0 Å². The maximum absolute atomic E-state index is 6.02. The fourth-order valence-corrected chi connectivity index (χ4v) is 6.26. The second-order valence-corrected chi connectivity index (χ2v) is 9.01. The Hall–Kier alpha value is 0.554. The molecule has 0 heterocycles. The van der Waals surface area contributed by atoms with Crippen LogP contribution in [0.25, 0.3) is 0 Å². The fourth-order valence-electron chi connectivity index (χ4n) is 1.52. The van der Waals surface area contributed by atoms with E-state index in [4.69, 9.17) is 15.7 Å². The second kappa shape index (κ2) is 11.4. The monoisotopic (exact) mass is 297 g/mol. The molecule has 0 aliphatic rings. The number of hydrogen-bond acceptors (Lipinski definition) is 4. The van der Waals surface area contributed by atoms with E-state index in [1.165, 1.54) is 0 Å². The molecule has 0 spiro atoms. The Bertz CT molecular complexity index is 169. The molecule has 0 amide bonds. The third-order valence-electron chi connectivity index (χ3n) is 2.48. The van der Waals surface area contributed by atoms with Gasteiger partial charge < -0.3 is 0 Å². The van der Waals surface area contributed by atoms with Crippen LogP contribution in [-0.4, -0.2) is 25.9 Å². The van der Waals surface area contributed by atoms with E-state index in [0.717, 1.165) is 50.2 Å². The van der Waals surface area contributed by atoms with E-state index in [9.17, 15) is 0 Å². The van der Waals surface area contributed by atoms with Crippen molar-refractivity contribution in [2.45, 2.75) is 64.1 Å². The van der Waals surface area contributed by atoms with E-state index >= 15 is 0 Å². The standard InChI is InChI=1S/C4H10N.3C3H7O.Ti/c1-3-4(2)5;3*1-2-3-4;/h4H,1,3,5H2,2H3;3*2-3H2,1H3;/q;3*-1;+3. The third kappa shape index (κ3) is 8.62. The summed E-state index contributed by atoms with van der Waals surface area (Å²) in [6.45, 7) is 10.5. The average molecular weight is 297 g/mol. The molecule has 0 aliphatic carbocycles. The summed E-state index contributed by atoms with van der Waals surface area (Å²) in [5.41, 5.74) is 5.85. The molecule has 0 radical (unpaired) electrons. The van der Waals surface area contributed by atoms with Crippen LogP contribution in [0.2, 0.25) is 4.73 Å². The zero-order chi connectivity index (χ0) is 13.9. The first kappa shape index (κ1) is 18.6. The van der Waals surface area contributed by atoms with E-state index in [1.54, 1.807) is 0 Å². The topological polar surface area (TPSA) is 53.7 Å². The van der Waals surface area contributed by atoms with Crippen LogP contribution < -0.4 is 5.73 Å². The van der Waals surface area contributed by atoms with Crippen molar-refractivity contribution in [1.29, 1.82) is 0 Å². The average Bonchev–Trinajstić information content (AvgIpc) is 2.37. The van der Waals surface area contributed by atoms with Crippen molar-refractivity contribution < 1.29 is 27.7 Å². The van der Waals surface area contributed by atoms with Crippen molar-refractivity contribution in [3.63, 3.8) is 0 Å². The van der Waals surface area contributed by atoms with Gasteiger partial charge in [-0.2, -0.15) is 0 Å². The zero-order valence-electron chi connectivity index (χ0n) is 12.5. The molecule has 0 saturated heterocycles.